The Morgan fingerprint density at radius 2 is 2.09 bits per heavy atom. The second-order valence-corrected chi connectivity index (χ2v) is 5.72. The summed E-state index contributed by atoms with van der Waals surface area (Å²) >= 11 is 12.0. The third kappa shape index (κ3) is 4.82. The molecule has 1 aromatic heterocycles. The minimum Gasteiger partial charge on any atom is -0.437 e. The number of nitrogens with one attached hydrogen (secondary N) is 2. The molecule has 23 heavy (non-hydrogen) atoms. The third-order valence-electron chi connectivity index (χ3n) is 3.19. The molecule has 2 N–H and O–H groups in total. The molecule has 0 fully saturated rings. The molecule has 0 saturated heterocycles. The summed E-state index contributed by atoms with van der Waals surface area (Å²) in [6, 6.07) is 8.53. The number of pyridine rings is 1. The first-order valence-electron chi connectivity index (χ1n) is 7.04. The lowest BCUT2D eigenvalue weighted by atomic mass is 10.2. The Morgan fingerprint density at radius 3 is 2.74 bits per heavy atom. The molecule has 7 heteroatoms. The second kappa shape index (κ2) is 8.15. The molecule has 0 spiro atoms. The van der Waals surface area contributed by atoms with Crippen molar-refractivity contribution in [3.8, 4) is 11.6 Å². The lowest BCUT2D eigenvalue weighted by Crippen LogP contribution is -2.37. The molecule has 2 rings (SSSR count). The van der Waals surface area contributed by atoms with Gasteiger partial charge in [-0.1, -0.05) is 29.3 Å². The Balaban J connectivity index is 2.02. The van der Waals surface area contributed by atoms with E-state index in [1.165, 1.54) is 6.20 Å². The minimum absolute atomic E-state index is 0.188. The number of carbonyl (C=O) groups excluding carboxylic acids is 1. The van der Waals surface area contributed by atoms with E-state index in [1.54, 1.807) is 30.3 Å². The zero-order valence-electron chi connectivity index (χ0n) is 12.8. The summed E-state index contributed by atoms with van der Waals surface area (Å²) in [5.74, 6) is 0.549. The predicted molar refractivity (Wildman–Crippen MR) is 91.6 cm³/mol. The Kier molecular flexibility index (Phi) is 6.21. The number of carbonyl (C=O) groups is 1. The largest absolute Gasteiger partial charge is 0.437 e. The standard InChI is InChI=1S/C16H17Cl2N3O2/c1-10(19-2)8-21-16(22)11-6-7-14(20-9-11)23-13-5-3-4-12(17)15(13)18/h3-7,9-10,19H,8H2,1-2H3,(H,21,22). The van der Waals surface area contributed by atoms with E-state index >= 15 is 0 Å². The molecule has 0 bridgehead atoms. The van der Waals surface area contributed by atoms with Crippen LogP contribution in [0.25, 0.3) is 0 Å². The summed E-state index contributed by atoms with van der Waals surface area (Å²) in [4.78, 5) is 16.1. The number of likely N-dealkylation sites (N-methyl/N-ethyl adjacent to an activating group) is 1. The van der Waals surface area contributed by atoms with Gasteiger partial charge < -0.3 is 15.4 Å². The van der Waals surface area contributed by atoms with Gasteiger partial charge in [-0.25, -0.2) is 4.98 Å². The molecule has 1 unspecified atom stereocenters. The molecule has 1 aromatic carbocycles. The first-order chi connectivity index (χ1) is 11.0. The number of halogens is 2. The molecule has 1 amide bonds. The van der Waals surface area contributed by atoms with Crippen molar-refractivity contribution in [1.82, 2.24) is 15.6 Å². The molecule has 0 aliphatic rings. The maximum atomic E-state index is 12.0. The molecule has 0 aliphatic heterocycles. The van der Waals surface area contributed by atoms with Crippen molar-refractivity contribution in [2.24, 2.45) is 0 Å². The van der Waals surface area contributed by atoms with Crippen molar-refractivity contribution in [2.45, 2.75) is 13.0 Å². The van der Waals surface area contributed by atoms with E-state index in [0.29, 0.717) is 33.8 Å². The average molecular weight is 354 g/mol. The van der Waals surface area contributed by atoms with Gasteiger partial charge in [0, 0.05) is 24.8 Å². The molecule has 1 heterocycles. The monoisotopic (exact) mass is 353 g/mol. The molecule has 0 aliphatic carbocycles. The van der Waals surface area contributed by atoms with E-state index in [4.69, 9.17) is 27.9 Å². The van der Waals surface area contributed by atoms with E-state index in [0.717, 1.165) is 0 Å². The summed E-state index contributed by atoms with van der Waals surface area (Å²) < 4.78 is 5.57. The molecule has 2 aromatic rings. The van der Waals surface area contributed by atoms with Gasteiger partial charge in [0.05, 0.1) is 10.6 Å². The number of benzene rings is 1. The Hall–Kier alpha value is -1.82. The second-order valence-electron chi connectivity index (χ2n) is 4.94. The Labute approximate surface area is 145 Å². The lowest BCUT2D eigenvalue weighted by Gasteiger charge is -2.11. The Morgan fingerprint density at radius 1 is 1.30 bits per heavy atom. The van der Waals surface area contributed by atoms with Crippen molar-refractivity contribution >= 4 is 29.1 Å². The zero-order valence-corrected chi connectivity index (χ0v) is 14.3. The van der Waals surface area contributed by atoms with Crippen LogP contribution in [-0.4, -0.2) is 30.5 Å². The van der Waals surface area contributed by atoms with Crippen LogP contribution >= 0.6 is 23.2 Å². The van der Waals surface area contributed by atoms with Crippen molar-refractivity contribution in [3.05, 3.63) is 52.1 Å². The quantitative estimate of drug-likeness (QED) is 0.833. The fraction of sp³-hybridized carbons (Fsp3) is 0.250. The van der Waals surface area contributed by atoms with Crippen LogP contribution in [0.2, 0.25) is 10.0 Å². The van der Waals surface area contributed by atoms with Crippen molar-refractivity contribution in [2.75, 3.05) is 13.6 Å². The van der Waals surface area contributed by atoms with Crippen molar-refractivity contribution < 1.29 is 9.53 Å². The summed E-state index contributed by atoms with van der Waals surface area (Å²) in [6.45, 7) is 2.51. The summed E-state index contributed by atoms with van der Waals surface area (Å²) in [5, 5.41) is 6.58. The van der Waals surface area contributed by atoms with Crippen molar-refractivity contribution in [1.29, 1.82) is 0 Å². The van der Waals surface area contributed by atoms with Gasteiger partial charge in [0.25, 0.3) is 5.91 Å². The molecule has 0 radical (unpaired) electrons. The maximum Gasteiger partial charge on any atom is 0.252 e. The van der Waals surface area contributed by atoms with Gasteiger partial charge in [0.15, 0.2) is 0 Å². The lowest BCUT2D eigenvalue weighted by molar-refractivity contribution is 0.0950. The number of hydrogen-bond acceptors (Lipinski definition) is 4. The fourth-order valence-electron chi connectivity index (χ4n) is 1.70. The highest BCUT2D eigenvalue weighted by atomic mass is 35.5. The minimum atomic E-state index is -0.188. The molecular weight excluding hydrogens is 337 g/mol. The van der Waals surface area contributed by atoms with Crippen LogP contribution in [0.5, 0.6) is 11.6 Å². The normalized spacial score (nSPS) is 11.8. The topological polar surface area (TPSA) is 63.2 Å². The van der Waals surface area contributed by atoms with Gasteiger partial charge in [0.1, 0.15) is 10.8 Å². The predicted octanol–water partition coefficient (Wildman–Crippen LogP) is 3.52. The van der Waals surface area contributed by atoms with Crippen LogP contribution in [0.3, 0.4) is 0 Å². The van der Waals surface area contributed by atoms with Crippen LogP contribution in [-0.2, 0) is 0 Å². The molecule has 5 nitrogen and oxygen atoms in total. The number of rotatable bonds is 6. The number of amides is 1. The molecular formula is C16H17Cl2N3O2. The highest BCUT2D eigenvalue weighted by Gasteiger charge is 2.10. The summed E-state index contributed by atoms with van der Waals surface area (Å²) in [6.07, 6.45) is 1.45. The van der Waals surface area contributed by atoms with Crippen LogP contribution in [0.1, 0.15) is 17.3 Å². The number of nitrogens with zero attached hydrogens (tertiary/aromatic N) is 1. The van der Waals surface area contributed by atoms with E-state index < -0.39 is 0 Å². The van der Waals surface area contributed by atoms with Crippen LogP contribution in [0.4, 0.5) is 0 Å². The molecule has 1 atom stereocenters. The van der Waals surface area contributed by atoms with Gasteiger partial charge in [0.2, 0.25) is 5.88 Å². The summed E-state index contributed by atoms with van der Waals surface area (Å²) in [5.41, 5.74) is 0.456. The van der Waals surface area contributed by atoms with Crippen LogP contribution in [0, 0.1) is 0 Å². The average Bonchev–Trinajstić information content (AvgIpc) is 2.57. The molecule has 122 valence electrons. The zero-order chi connectivity index (χ0) is 16.8. The van der Waals surface area contributed by atoms with Gasteiger partial charge in [-0.2, -0.15) is 0 Å². The SMILES string of the molecule is CNC(C)CNC(=O)c1ccc(Oc2cccc(Cl)c2Cl)nc1. The number of hydrogen-bond donors (Lipinski definition) is 2. The third-order valence-corrected chi connectivity index (χ3v) is 3.99. The van der Waals surface area contributed by atoms with E-state index in [1.807, 2.05) is 14.0 Å². The fourth-order valence-corrected chi connectivity index (χ4v) is 2.03. The van der Waals surface area contributed by atoms with Gasteiger partial charge in [-0.15, -0.1) is 0 Å². The Bertz CT molecular complexity index is 678. The highest BCUT2D eigenvalue weighted by Crippen LogP contribution is 2.33. The van der Waals surface area contributed by atoms with Crippen LogP contribution < -0.4 is 15.4 Å². The van der Waals surface area contributed by atoms with Gasteiger partial charge >= 0.3 is 0 Å². The highest BCUT2D eigenvalue weighted by molar-refractivity contribution is 6.42. The molecule has 0 saturated carbocycles. The first kappa shape index (κ1) is 17.5. The van der Waals surface area contributed by atoms with Crippen molar-refractivity contribution in [3.63, 3.8) is 0 Å². The number of ether oxygens (including phenoxy) is 1. The van der Waals surface area contributed by atoms with Gasteiger partial charge in [-0.05, 0) is 32.2 Å². The smallest absolute Gasteiger partial charge is 0.252 e. The van der Waals surface area contributed by atoms with E-state index in [2.05, 4.69) is 15.6 Å². The van der Waals surface area contributed by atoms with E-state index in [9.17, 15) is 4.79 Å². The number of aromatic nitrogens is 1. The van der Waals surface area contributed by atoms with E-state index in [-0.39, 0.29) is 11.9 Å². The first-order valence-corrected chi connectivity index (χ1v) is 7.80. The maximum absolute atomic E-state index is 12.0. The van der Waals surface area contributed by atoms with Gasteiger partial charge in [-0.3, -0.25) is 4.79 Å². The van der Waals surface area contributed by atoms with Crippen LogP contribution in [0.15, 0.2) is 36.5 Å². The summed E-state index contributed by atoms with van der Waals surface area (Å²) in [7, 11) is 1.84.